The van der Waals surface area contributed by atoms with E-state index >= 15 is 0 Å². The van der Waals surface area contributed by atoms with Crippen LogP contribution in [0, 0.1) is 0 Å². The van der Waals surface area contributed by atoms with Gasteiger partial charge in [-0.3, -0.25) is 4.79 Å². The Morgan fingerprint density at radius 2 is 2.25 bits per heavy atom. The van der Waals surface area contributed by atoms with Crippen molar-refractivity contribution in [3.05, 3.63) is 0 Å². The summed E-state index contributed by atoms with van der Waals surface area (Å²) in [5.74, 6) is 2.22. The Balaban J connectivity index is 3.03. The molecule has 1 unspecified atom stereocenters. The van der Waals surface area contributed by atoms with Crippen LogP contribution in [0.25, 0.3) is 0 Å². The standard InChI is InChI=1S/C7H17N2OPS/c1-8-6-7(10)9-2-4-12-5-3-11/h8H,2-6,11H2,1H3,(H,9,10). The van der Waals surface area contributed by atoms with Gasteiger partial charge in [-0.05, 0) is 19.0 Å². The van der Waals surface area contributed by atoms with Gasteiger partial charge in [0.05, 0.1) is 6.54 Å². The van der Waals surface area contributed by atoms with Crippen LogP contribution >= 0.6 is 21.0 Å². The fourth-order valence-electron chi connectivity index (χ4n) is 0.671. The van der Waals surface area contributed by atoms with Crippen molar-refractivity contribution in [1.29, 1.82) is 0 Å². The van der Waals surface area contributed by atoms with Crippen LogP contribution in [0.4, 0.5) is 0 Å². The summed E-state index contributed by atoms with van der Waals surface area (Å²) < 4.78 is 0. The zero-order valence-corrected chi connectivity index (χ0v) is 9.40. The van der Waals surface area contributed by atoms with E-state index in [1.54, 1.807) is 7.05 Å². The van der Waals surface area contributed by atoms with E-state index in [0.29, 0.717) is 6.54 Å². The molecule has 12 heavy (non-hydrogen) atoms. The van der Waals surface area contributed by atoms with Gasteiger partial charge >= 0.3 is 0 Å². The summed E-state index contributed by atoms with van der Waals surface area (Å²) in [7, 11) is 4.45. The third kappa shape index (κ3) is 8.31. The summed E-state index contributed by atoms with van der Waals surface area (Å²) in [5, 5.41) is 5.61. The Morgan fingerprint density at radius 1 is 1.50 bits per heavy atom. The normalized spacial score (nSPS) is 9.83. The van der Waals surface area contributed by atoms with Crippen LogP contribution in [0.3, 0.4) is 0 Å². The van der Waals surface area contributed by atoms with Gasteiger partial charge in [-0.25, -0.2) is 0 Å². The molecular formula is C7H17N2OPS. The largest absolute Gasteiger partial charge is 0.354 e. The number of thioether (sulfide) groups is 1. The lowest BCUT2D eigenvalue weighted by Gasteiger charge is -2.03. The maximum Gasteiger partial charge on any atom is 0.233 e. The summed E-state index contributed by atoms with van der Waals surface area (Å²) in [6, 6.07) is 0. The van der Waals surface area contributed by atoms with Gasteiger partial charge in [0.2, 0.25) is 5.91 Å². The molecule has 0 saturated heterocycles. The smallest absolute Gasteiger partial charge is 0.233 e. The van der Waals surface area contributed by atoms with Crippen molar-refractivity contribution < 1.29 is 4.79 Å². The number of nitrogens with one attached hydrogen (secondary N) is 2. The van der Waals surface area contributed by atoms with Crippen molar-refractivity contribution in [3.63, 3.8) is 0 Å². The van der Waals surface area contributed by atoms with E-state index < -0.39 is 0 Å². The quantitative estimate of drug-likeness (QED) is 0.454. The average molecular weight is 208 g/mol. The minimum atomic E-state index is 0.0731. The van der Waals surface area contributed by atoms with Gasteiger partial charge in [-0.2, -0.15) is 11.8 Å². The third-order valence-corrected chi connectivity index (χ3v) is 2.89. The molecule has 0 aromatic heterocycles. The summed E-state index contributed by atoms with van der Waals surface area (Å²) in [4.78, 5) is 10.9. The Bertz CT molecular complexity index is 124. The molecule has 0 rings (SSSR count). The number of amides is 1. The maximum absolute atomic E-state index is 10.9. The molecule has 0 bridgehead atoms. The number of rotatable bonds is 7. The predicted molar refractivity (Wildman–Crippen MR) is 58.8 cm³/mol. The van der Waals surface area contributed by atoms with Crippen molar-refractivity contribution in [1.82, 2.24) is 10.6 Å². The highest BCUT2D eigenvalue weighted by Crippen LogP contribution is 1.99. The van der Waals surface area contributed by atoms with E-state index in [0.717, 1.165) is 24.2 Å². The van der Waals surface area contributed by atoms with E-state index in [2.05, 4.69) is 19.9 Å². The molecule has 0 fully saturated rings. The second kappa shape index (κ2) is 9.30. The Morgan fingerprint density at radius 3 is 2.83 bits per heavy atom. The van der Waals surface area contributed by atoms with Gasteiger partial charge in [0, 0.05) is 12.3 Å². The van der Waals surface area contributed by atoms with E-state index in [9.17, 15) is 4.79 Å². The number of hydrogen-bond acceptors (Lipinski definition) is 3. The average Bonchev–Trinajstić information content (AvgIpc) is 2.05. The second-order valence-electron chi connectivity index (χ2n) is 2.28. The topological polar surface area (TPSA) is 41.1 Å². The molecule has 0 aliphatic carbocycles. The van der Waals surface area contributed by atoms with Crippen LogP contribution in [0.5, 0.6) is 0 Å². The number of hydrogen-bond donors (Lipinski definition) is 2. The number of likely N-dealkylation sites (N-methyl/N-ethyl adjacent to an activating group) is 1. The molecule has 0 saturated carbocycles. The summed E-state index contributed by atoms with van der Waals surface area (Å²) in [6.45, 7) is 1.18. The fraction of sp³-hybridized carbons (Fsp3) is 0.857. The molecule has 0 aromatic carbocycles. The first-order valence-electron chi connectivity index (χ1n) is 4.00. The van der Waals surface area contributed by atoms with Crippen LogP contribution in [0.1, 0.15) is 0 Å². The Kier molecular flexibility index (Phi) is 9.46. The summed E-state index contributed by atoms with van der Waals surface area (Å²) in [5.41, 5.74) is 0. The maximum atomic E-state index is 10.9. The van der Waals surface area contributed by atoms with Crippen molar-refractivity contribution in [2.45, 2.75) is 0 Å². The van der Waals surface area contributed by atoms with Gasteiger partial charge in [0.1, 0.15) is 0 Å². The molecule has 1 amide bonds. The molecule has 0 radical (unpaired) electrons. The van der Waals surface area contributed by atoms with Gasteiger partial charge in [-0.1, -0.05) is 0 Å². The lowest BCUT2D eigenvalue weighted by molar-refractivity contribution is -0.120. The molecule has 0 aliphatic rings. The van der Waals surface area contributed by atoms with E-state index in [4.69, 9.17) is 0 Å². The van der Waals surface area contributed by atoms with Crippen molar-refractivity contribution in [2.75, 3.05) is 37.8 Å². The van der Waals surface area contributed by atoms with E-state index in [1.807, 2.05) is 11.8 Å². The van der Waals surface area contributed by atoms with Crippen LogP contribution < -0.4 is 10.6 Å². The highest BCUT2D eigenvalue weighted by atomic mass is 32.2. The van der Waals surface area contributed by atoms with E-state index in [1.165, 1.54) is 0 Å². The van der Waals surface area contributed by atoms with Crippen LogP contribution in [-0.2, 0) is 4.79 Å². The van der Waals surface area contributed by atoms with Crippen LogP contribution in [-0.4, -0.2) is 43.7 Å². The zero-order valence-electron chi connectivity index (χ0n) is 7.43. The second-order valence-corrected chi connectivity index (χ2v) is 4.08. The summed E-state index contributed by atoms with van der Waals surface area (Å²) >= 11 is 1.86. The lowest BCUT2D eigenvalue weighted by atomic mass is 10.5. The summed E-state index contributed by atoms with van der Waals surface area (Å²) in [6.07, 6.45) is 1.12. The molecule has 0 aromatic rings. The first-order chi connectivity index (χ1) is 5.81. The first kappa shape index (κ1) is 12.2. The van der Waals surface area contributed by atoms with Crippen LogP contribution in [0.15, 0.2) is 0 Å². The zero-order chi connectivity index (χ0) is 9.23. The number of carbonyl (C=O) groups excluding carboxylic acids is 1. The molecule has 0 aliphatic heterocycles. The molecule has 3 nitrogen and oxygen atoms in total. The molecule has 1 atom stereocenters. The van der Waals surface area contributed by atoms with Gasteiger partial charge < -0.3 is 10.6 Å². The Hall–Kier alpha value is 0.210. The molecule has 72 valence electrons. The molecular weight excluding hydrogens is 191 g/mol. The number of carbonyl (C=O) groups is 1. The molecule has 0 spiro atoms. The predicted octanol–water partition coefficient (Wildman–Crippen LogP) is -0.0697. The highest BCUT2D eigenvalue weighted by Gasteiger charge is 1.96. The van der Waals surface area contributed by atoms with E-state index in [-0.39, 0.29) is 5.91 Å². The lowest BCUT2D eigenvalue weighted by Crippen LogP contribution is -2.33. The molecule has 2 N–H and O–H groups in total. The highest BCUT2D eigenvalue weighted by molar-refractivity contribution is 7.99. The van der Waals surface area contributed by atoms with Gasteiger partial charge in [-0.15, -0.1) is 9.24 Å². The SMILES string of the molecule is CNCC(=O)NCCSCCP. The molecule has 5 heteroatoms. The third-order valence-electron chi connectivity index (χ3n) is 1.17. The first-order valence-corrected chi connectivity index (χ1v) is 5.97. The fourth-order valence-corrected chi connectivity index (χ4v) is 1.79. The molecule has 0 heterocycles. The van der Waals surface area contributed by atoms with Crippen molar-refractivity contribution in [2.24, 2.45) is 0 Å². The minimum absolute atomic E-state index is 0.0731. The Labute approximate surface area is 80.6 Å². The van der Waals surface area contributed by atoms with Gasteiger partial charge in [0.15, 0.2) is 0 Å². The van der Waals surface area contributed by atoms with Crippen LogP contribution in [0.2, 0.25) is 0 Å². The minimum Gasteiger partial charge on any atom is -0.354 e. The van der Waals surface area contributed by atoms with Crippen molar-refractivity contribution in [3.8, 4) is 0 Å². The van der Waals surface area contributed by atoms with Crippen molar-refractivity contribution >= 4 is 26.9 Å². The monoisotopic (exact) mass is 208 g/mol. The van der Waals surface area contributed by atoms with Gasteiger partial charge in [0.25, 0.3) is 0 Å².